The van der Waals surface area contributed by atoms with Crippen molar-refractivity contribution in [2.24, 2.45) is 11.3 Å². The molecule has 1 aliphatic carbocycles. The third-order valence-electron chi connectivity index (χ3n) is 3.04. The van der Waals surface area contributed by atoms with Crippen LogP contribution in [0.2, 0.25) is 0 Å². The molecule has 15 heavy (non-hydrogen) atoms. The number of anilines is 1. The van der Waals surface area contributed by atoms with E-state index in [1.807, 2.05) is 0 Å². The molecule has 0 aliphatic heterocycles. The highest BCUT2D eigenvalue weighted by atomic mass is 19.1. The highest BCUT2D eigenvalue weighted by molar-refractivity contribution is 5.36. The molecule has 0 bridgehead atoms. The molecule has 82 valence electrons. The van der Waals surface area contributed by atoms with Crippen LogP contribution in [0.3, 0.4) is 0 Å². The molecule has 1 unspecified atom stereocenters. The Morgan fingerprint density at radius 3 is 2.73 bits per heavy atom. The van der Waals surface area contributed by atoms with Crippen LogP contribution < -0.4 is 5.32 Å². The van der Waals surface area contributed by atoms with E-state index in [0.29, 0.717) is 17.9 Å². The Hall–Kier alpha value is -1.19. The van der Waals surface area contributed by atoms with Crippen LogP contribution in [0.5, 0.6) is 0 Å². The molecule has 1 aliphatic rings. The number of nitrogens with one attached hydrogen (secondary N) is 1. The van der Waals surface area contributed by atoms with Gasteiger partial charge >= 0.3 is 0 Å². The van der Waals surface area contributed by atoms with Gasteiger partial charge in [-0.25, -0.2) is 13.8 Å². The second-order valence-electron chi connectivity index (χ2n) is 4.75. The minimum atomic E-state index is -0.648. The van der Waals surface area contributed by atoms with E-state index >= 15 is 0 Å². The molecule has 1 aromatic heterocycles. The van der Waals surface area contributed by atoms with Gasteiger partial charge in [-0.05, 0) is 17.8 Å². The molecule has 0 radical (unpaired) electrons. The van der Waals surface area contributed by atoms with Gasteiger partial charge in [0.25, 0.3) is 0 Å². The SMILES string of the molecule is CC1(C)CC1CNc1ncc(F)cc1F. The van der Waals surface area contributed by atoms with Gasteiger partial charge in [-0.2, -0.15) is 0 Å². The van der Waals surface area contributed by atoms with Crippen LogP contribution in [-0.2, 0) is 0 Å². The molecule has 1 atom stereocenters. The van der Waals surface area contributed by atoms with Crippen molar-refractivity contribution in [3.8, 4) is 0 Å². The number of nitrogens with zero attached hydrogens (tertiary/aromatic N) is 1. The summed E-state index contributed by atoms with van der Waals surface area (Å²) in [6, 6.07) is 0.841. The molecular formula is C11H14F2N2. The molecule has 1 N–H and O–H groups in total. The van der Waals surface area contributed by atoms with Crippen LogP contribution >= 0.6 is 0 Å². The van der Waals surface area contributed by atoms with Crippen molar-refractivity contribution in [3.63, 3.8) is 0 Å². The lowest BCUT2D eigenvalue weighted by atomic mass is 10.1. The maximum absolute atomic E-state index is 13.1. The minimum absolute atomic E-state index is 0.138. The van der Waals surface area contributed by atoms with E-state index in [1.54, 1.807) is 0 Å². The summed E-state index contributed by atoms with van der Waals surface area (Å²) in [6.07, 6.45) is 2.16. The van der Waals surface area contributed by atoms with E-state index < -0.39 is 11.6 Å². The molecule has 4 heteroatoms. The summed E-state index contributed by atoms with van der Waals surface area (Å²) in [5.41, 5.74) is 0.351. The van der Waals surface area contributed by atoms with Gasteiger partial charge in [0, 0.05) is 12.6 Å². The Balaban J connectivity index is 1.94. The van der Waals surface area contributed by atoms with Gasteiger partial charge in [0.05, 0.1) is 6.20 Å². The first-order valence-electron chi connectivity index (χ1n) is 5.04. The van der Waals surface area contributed by atoms with Gasteiger partial charge in [0.1, 0.15) is 5.82 Å². The fourth-order valence-corrected chi connectivity index (χ4v) is 1.69. The Labute approximate surface area is 87.7 Å². The fraction of sp³-hybridized carbons (Fsp3) is 0.545. The smallest absolute Gasteiger partial charge is 0.168 e. The molecule has 2 rings (SSSR count). The van der Waals surface area contributed by atoms with Crippen molar-refractivity contribution in [2.75, 3.05) is 11.9 Å². The van der Waals surface area contributed by atoms with Crippen LogP contribution in [0.15, 0.2) is 12.3 Å². The zero-order valence-corrected chi connectivity index (χ0v) is 8.85. The lowest BCUT2D eigenvalue weighted by Gasteiger charge is -2.07. The first-order valence-corrected chi connectivity index (χ1v) is 5.04. The average molecular weight is 212 g/mol. The van der Waals surface area contributed by atoms with Crippen molar-refractivity contribution >= 4 is 5.82 Å². The highest BCUT2D eigenvalue weighted by Gasteiger charge is 2.45. The van der Waals surface area contributed by atoms with Crippen molar-refractivity contribution in [3.05, 3.63) is 23.9 Å². The van der Waals surface area contributed by atoms with Gasteiger partial charge in [-0.3, -0.25) is 0 Å². The van der Waals surface area contributed by atoms with Gasteiger partial charge < -0.3 is 5.32 Å². The number of halogens is 2. The number of rotatable bonds is 3. The summed E-state index contributed by atoms with van der Waals surface area (Å²) in [5, 5.41) is 2.90. The van der Waals surface area contributed by atoms with Crippen LogP contribution in [0, 0.1) is 23.0 Å². The van der Waals surface area contributed by atoms with Crippen molar-refractivity contribution in [1.82, 2.24) is 4.98 Å². The first-order chi connectivity index (χ1) is 6.99. The number of pyridine rings is 1. The van der Waals surface area contributed by atoms with Crippen LogP contribution in [0.4, 0.5) is 14.6 Å². The van der Waals surface area contributed by atoms with Gasteiger partial charge in [0.2, 0.25) is 0 Å². The monoisotopic (exact) mass is 212 g/mol. The van der Waals surface area contributed by atoms with E-state index in [0.717, 1.165) is 18.7 Å². The molecular weight excluding hydrogens is 198 g/mol. The fourth-order valence-electron chi connectivity index (χ4n) is 1.69. The maximum atomic E-state index is 13.1. The molecule has 0 spiro atoms. The summed E-state index contributed by atoms with van der Waals surface area (Å²) < 4.78 is 25.7. The normalized spacial score (nSPS) is 22.5. The third-order valence-corrected chi connectivity index (χ3v) is 3.04. The predicted octanol–water partition coefficient (Wildman–Crippen LogP) is 2.82. The summed E-state index contributed by atoms with van der Waals surface area (Å²) in [7, 11) is 0. The predicted molar refractivity (Wildman–Crippen MR) is 54.5 cm³/mol. The number of hydrogen-bond donors (Lipinski definition) is 1. The Morgan fingerprint density at radius 1 is 1.53 bits per heavy atom. The Morgan fingerprint density at radius 2 is 2.20 bits per heavy atom. The first kappa shape index (κ1) is 10.3. The van der Waals surface area contributed by atoms with E-state index in [4.69, 9.17) is 0 Å². The Kier molecular flexibility index (Phi) is 2.37. The van der Waals surface area contributed by atoms with Gasteiger partial charge in [-0.1, -0.05) is 13.8 Å². The maximum Gasteiger partial charge on any atom is 0.168 e. The topological polar surface area (TPSA) is 24.9 Å². The zero-order valence-electron chi connectivity index (χ0n) is 8.85. The van der Waals surface area contributed by atoms with E-state index in [1.165, 1.54) is 0 Å². The van der Waals surface area contributed by atoms with E-state index in [-0.39, 0.29) is 5.82 Å². The molecule has 1 saturated carbocycles. The van der Waals surface area contributed by atoms with Crippen LogP contribution in [0.1, 0.15) is 20.3 Å². The van der Waals surface area contributed by atoms with Crippen LogP contribution in [-0.4, -0.2) is 11.5 Å². The lowest BCUT2D eigenvalue weighted by Crippen LogP contribution is -2.10. The molecule has 1 fully saturated rings. The second-order valence-corrected chi connectivity index (χ2v) is 4.75. The number of hydrogen-bond acceptors (Lipinski definition) is 2. The second kappa shape index (κ2) is 3.43. The largest absolute Gasteiger partial charge is 0.367 e. The molecule has 0 saturated heterocycles. The average Bonchev–Trinajstić information content (AvgIpc) is 2.73. The quantitative estimate of drug-likeness (QED) is 0.833. The van der Waals surface area contributed by atoms with Gasteiger partial charge in [-0.15, -0.1) is 0 Å². The summed E-state index contributed by atoms with van der Waals surface area (Å²) >= 11 is 0. The van der Waals surface area contributed by atoms with Crippen molar-refractivity contribution in [1.29, 1.82) is 0 Å². The van der Waals surface area contributed by atoms with Crippen molar-refractivity contribution < 1.29 is 8.78 Å². The molecule has 1 aromatic rings. The summed E-state index contributed by atoms with van der Waals surface area (Å²) in [5.74, 6) is -0.582. The molecule has 0 aromatic carbocycles. The van der Waals surface area contributed by atoms with Crippen LogP contribution in [0.25, 0.3) is 0 Å². The highest BCUT2D eigenvalue weighted by Crippen LogP contribution is 2.51. The van der Waals surface area contributed by atoms with E-state index in [9.17, 15) is 8.78 Å². The lowest BCUT2D eigenvalue weighted by molar-refractivity contribution is 0.562. The molecule has 1 heterocycles. The summed E-state index contributed by atoms with van der Waals surface area (Å²) in [6.45, 7) is 5.05. The summed E-state index contributed by atoms with van der Waals surface area (Å²) in [4.78, 5) is 3.66. The third kappa shape index (κ3) is 2.25. The molecule has 0 amide bonds. The Bertz CT molecular complexity index is 377. The van der Waals surface area contributed by atoms with Crippen molar-refractivity contribution in [2.45, 2.75) is 20.3 Å². The standard InChI is InChI=1S/C11H14F2N2/c1-11(2)4-7(11)5-14-10-9(13)3-8(12)6-15-10/h3,6-7H,4-5H2,1-2H3,(H,14,15). The van der Waals surface area contributed by atoms with Gasteiger partial charge in [0.15, 0.2) is 11.6 Å². The number of aromatic nitrogens is 1. The molecule has 2 nitrogen and oxygen atoms in total. The zero-order chi connectivity index (χ0) is 11.1. The minimum Gasteiger partial charge on any atom is -0.367 e. The van der Waals surface area contributed by atoms with E-state index in [2.05, 4.69) is 24.1 Å².